The average Bonchev–Trinajstić information content (AvgIpc) is 2.81. The normalized spacial score (nSPS) is 18.5. The van der Waals surface area contributed by atoms with Gasteiger partial charge in [-0.1, -0.05) is 34.8 Å². The molecule has 1 aliphatic rings. The number of hydrogen-bond donors (Lipinski definition) is 1. The van der Waals surface area contributed by atoms with Crippen LogP contribution in [0.25, 0.3) is 0 Å². The molecule has 1 aromatic rings. The van der Waals surface area contributed by atoms with Crippen molar-refractivity contribution in [3.8, 4) is 0 Å². The highest BCUT2D eigenvalue weighted by atomic mass is 79.9. The molecule has 0 radical (unpaired) electrons. The molecule has 94 valence electrons. The molecule has 2 rings (SSSR count). The lowest BCUT2D eigenvalue weighted by molar-refractivity contribution is 0.373. The van der Waals surface area contributed by atoms with Crippen molar-refractivity contribution in [2.45, 2.75) is 38.1 Å². The van der Waals surface area contributed by atoms with Gasteiger partial charge in [0.15, 0.2) is 0 Å². The Labute approximate surface area is 111 Å². The van der Waals surface area contributed by atoms with E-state index in [1.807, 2.05) is 19.2 Å². The Morgan fingerprint density at radius 1 is 1.41 bits per heavy atom. The molecule has 0 aromatic heterocycles. The summed E-state index contributed by atoms with van der Waals surface area (Å²) in [4.78, 5) is 0. The van der Waals surface area contributed by atoms with Gasteiger partial charge in [-0.2, -0.15) is 0 Å². The molecule has 1 aliphatic carbocycles. The zero-order valence-corrected chi connectivity index (χ0v) is 11.8. The maximum Gasteiger partial charge on any atom is 0.127 e. The van der Waals surface area contributed by atoms with E-state index < -0.39 is 0 Å². The maximum absolute atomic E-state index is 13.8. The van der Waals surface area contributed by atoms with Gasteiger partial charge in [-0.25, -0.2) is 4.39 Å². The minimum atomic E-state index is -0.0994. The molecule has 1 aromatic carbocycles. The Morgan fingerprint density at radius 2 is 2.12 bits per heavy atom. The summed E-state index contributed by atoms with van der Waals surface area (Å²) >= 11 is 3.29. The fraction of sp³-hybridized carbons (Fsp3) is 0.571. The molecule has 1 N–H and O–H groups in total. The Hall–Kier alpha value is -0.410. The third-order valence-electron chi connectivity index (χ3n) is 3.79. The van der Waals surface area contributed by atoms with Gasteiger partial charge >= 0.3 is 0 Å². The summed E-state index contributed by atoms with van der Waals surface area (Å²) in [5, 5.41) is 3.36. The lowest BCUT2D eigenvalue weighted by Gasteiger charge is -2.23. The molecule has 1 fully saturated rings. The first kappa shape index (κ1) is 13.0. The average molecular weight is 300 g/mol. The molecule has 0 heterocycles. The molecule has 0 amide bonds. The molecule has 1 atom stereocenters. The van der Waals surface area contributed by atoms with E-state index >= 15 is 0 Å². The van der Waals surface area contributed by atoms with E-state index in [-0.39, 0.29) is 5.82 Å². The van der Waals surface area contributed by atoms with Crippen molar-refractivity contribution < 1.29 is 4.39 Å². The molecule has 0 bridgehead atoms. The molecule has 1 unspecified atom stereocenters. The number of halogens is 2. The Bertz CT molecular complexity index is 374. The van der Waals surface area contributed by atoms with E-state index in [0.717, 1.165) is 16.5 Å². The molecule has 0 aliphatic heterocycles. The van der Waals surface area contributed by atoms with Gasteiger partial charge in [-0.05, 0) is 49.9 Å². The van der Waals surface area contributed by atoms with E-state index in [0.29, 0.717) is 12.0 Å². The Kier molecular flexibility index (Phi) is 4.57. The first-order chi connectivity index (χ1) is 8.20. The van der Waals surface area contributed by atoms with E-state index in [9.17, 15) is 4.39 Å². The molecule has 1 nitrogen and oxygen atoms in total. The minimum absolute atomic E-state index is 0.0994. The first-order valence-corrected chi connectivity index (χ1v) is 7.11. The van der Waals surface area contributed by atoms with Crippen LogP contribution < -0.4 is 5.32 Å². The second-order valence-corrected chi connectivity index (χ2v) is 5.80. The summed E-state index contributed by atoms with van der Waals surface area (Å²) in [5.41, 5.74) is 0.819. The molecular formula is C14H19BrFN. The van der Waals surface area contributed by atoms with Gasteiger partial charge in [0.05, 0.1) is 0 Å². The van der Waals surface area contributed by atoms with Crippen molar-refractivity contribution in [2.24, 2.45) is 5.92 Å². The Balaban J connectivity index is 2.06. The van der Waals surface area contributed by atoms with Crippen LogP contribution in [0.3, 0.4) is 0 Å². The first-order valence-electron chi connectivity index (χ1n) is 6.32. The van der Waals surface area contributed by atoms with Gasteiger partial charge < -0.3 is 5.32 Å². The van der Waals surface area contributed by atoms with Gasteiger partial charge in [0.2, 0.25) is 0 Å². The van der Waals surface area contributed by atoms with Crippen molar-refractivity contribution in [3.05, 3.63) is 34.1 Å². The molecular weight excluding hydrogens is 281 g/mol. The second-order valence-electron chi connectivity index (χ2n) is 4.88. The van der Waals surface area contributed by atoms with E-state index in [4.69, 9.17) is 0 Å². The molecule has 17 heavy (non-hydrogen) atoms. The zero-order valence-electron chi connectivity index (χ0n) is 10.2. The highest BCUT2D eigenvalue weighted by Gasteiger charge is 2.24. The zero-order chi connectivity index (χ0) is 12.3. The van der Waals surface area contributed by atoms with E-state index in [2.05, 4.69) is 21.2 Å². The van der Waals surface area contributed by atoms with Crippen LogP contribution in [0.4, 0.5) is 4.39 Å². The van der Waals surface area contributed by atoms with Gasteiger partial charge in [0.25, 0.3) is 0 Å². The van der Waals surface area contributed by atoms with Crippen molar-refractivity contribution >= 4 is 15.9 Å². The second kappa shape index (κ2) is 5.96. The molecule has 0 saturated heterocycles. The van der Waals surface area contributed by atoms with Crippen LogP contribution in [-0.2, 0) is 6.42 Å². The van der Waals surface area contributed by atoms with Crippen LogP contribution in [-0.4, -0.2) is 13.1 Å². The molecule has 3 heteroatoms. The standard InChI is InChI=1S/C14H19BrFN/c1-17-14(10-4-2-3-5-10)8-11-6-7-12(15)9-13(11)16/h6-7,9-10,14,17H,2-5,8H2,1H3. The van der Waals surface area contributed by atoms with Gasteiger partial charge in [-0.15, -0.1) is 0 Å². The monoisotopic (exact) mass is 299 g/mol. The van der Waals surface area contributed by atoms with E-state index in [1.165, 1.54) is 25.7 Å². The molecule has 1 saturated carbocycles. The van der Waals surface area contributed by atoms with Crippen LogP contribution in [0.2, 0.25) is 0 Å². The fourth-order valence-electron chi connectivity index (χ4n) is 2.79. The maximum atomic E-state index is 13.8. The summed E-state index contributed by atoms with van der Waals surface area (Å²) in [7, 11) is 1.99. The third-order valence-corrected chi connectivity index (χ3v) is 4.29. The largest absolute Gasteiger partial charge is 0.316 e. The lowest BCUT2D eigenvalue weighted by Crippen LogP contribution is -2.34. The van der Waals surface area contributed by atoms with Crippen molar-refractivity contribution in [3.63, 3.8) is 0 Å². The van der Waals surface area contributed by atoms with Gasteiger partial charge in [0.1, 0.15) is 5.82 Å². The van der Waals surface area contributed by atoms with Crippen LogP contribution in [0.5, 0.6) is 0 Å². The summed E-state index contributed by atoms with van der Waals surface area (Å²) in [6, 6.07) is 5.77. The smallest absolute Gasteiger partial charge is 0.127 e. The number of nitrogens with one attached hydrogen (secondary N) is 1. The SMILES string of the molecule is CNC(Cc1ccc(Br)cc1F)C1CCCC1. The predicted molar refractivity (Wildman–Crippen MR) is 72.6 cm³/mol. The minimum Gasteiger partial charge on any atom is -0.316 e. The summed E-state index contributed by atoms with van der Waals surface area (Å²) in [6.07, 6.45) is 6.00. The highest BCUT2D eigenvalue weighted by Crippen LogP contribution is 2.29. The van der Waals surface area contributed by atoms with Gasteiger partial charge in [-0.3, -0.25) is 0 Å². The Morgan fingerprint density at radius 3 is 2.71 bits per heavy atom. The fourth-order valence-corrected chi connectivity index (χ4v) is 3.12. The van der Waals surface area contributed by atoms with Crippen LogP contribution >= 0.6 is 15.9 Å². The highest BCUT2D eigenvalue weighted by molar-refractivity contribution is 9.10. The number of hydrogen-bond acceptors (Lipinski definition) is 1. The van der Waals surface area contributed by atoms with Gasteiger partial charge in [0, 0.05) is 10.5 Å². The van der Waals surface area contributed by atoms with Crippen molar-refractivity contribution in [2.75, 3.05) is 7.05 Å². The predicted octanol–water partition coefficient (Wildman–Crippen LogP) is 3.91. The van der Waals surface area contributed by atoms with E-state index in [1.54, 1.807) is 6.07 Å². The quantitative estimate of drug-likeness (QED) is 0.889. The topological polar surface area (TPSA) is 12.0 Å². The van der Waals surface area contributed by atoms with Crippen LogP contribution in [0, 0.1) is 11.7 Å². The van der Waals surface area contributed by atoms with Crippen LogP contribution in [0.15, 0.2) is 22.7 Å². The van der Waals surface area contributed by atoms with Crippen LogP contribution in [0.1, 0.15) is 31.2 Å². The summed E-state index contributed by atoms with van der Waals surface area (Å²) in [6.45, 7) is 0. The lowest BCUT2D eigenvalue weighted by atomic mass is 9.92. The number of benzene rings is 1. The molecule has 0 spiro atoms. The summed E-state index contributed by atoms with van der Waals surface area (Å²) < 4.78 is 14.6. The van der Waals surface area contributed by atoms with Crippen molar-refractivity contribution in [1.82, 2.24) is 5.32 Å². The summed E-state index contributed by atoms with van der Waals surface area (Å²) in [5.74, 6) is 0.612. The van der Waals surface area contributed by atoms with Crippen molar-refractivity contribution in [1.29, 1.82) is 0 Å². The number of likely N-dealkylation sites (N-methyl/N-ethyl adjacent to an activating group) is 1. The number of rotatable bonds is 4. The third kappa shape index (κ3) is 3.29.